The van der Waals surface area contributed by atoms with E-state index in [4.69, 9.17) is 33.5 Å². The molecule has 49 heavy (non-hydrogen) atoms. The zero-order valence-corrected chi connectivity index (χ0v) is 28.7. The Kier molecular flexibility index (Phi) is 20.1. The minimum absolute atomic E-state index is 0.237. The van der Waals surface area contributed by atoms with Gasteiger partial charge in [0.1, 0.15) is 62.0 Å². The molecule has 282 valence electrons. The van der Waals surface area contributed by atoms with Gasteiger partial charge in [-0.3, -0.25) is 14.4 Å². The van der Waals surface area contributed by atoms with Crippen LogP contribution in [0.25, 0.3) is 0 Å². The second-order valence-corrected chi connectivity index (χ2v) is 12.5. The van der Waals surface area contributed by atoms with E-state index in [1.54, 1.807) is 6.92 Å². The normalized spacial score (nSPS) is 31.2. The highest BCUT2D eigenvalue weighted by Crippen LogP contribution is 2.31. The molecule has 2 aliphatic heterocycles. The van der Waals surface area contributed by atoms with Crippen molar-refractivity contribution in [3.8, 4) is 0 Å². The summed E-state index contributed by atoms with van der Waals surface area (Å²) in [6.07, 6.45) is 1.79. The van der Waals surface area contributed by atoms with Crippen molar-refractivity contribution < 1.29 is 73.4 Å². The largest absolute Gasteiger partial charge is 0.481 e. The van der Waals surface area contributed by atoms with Crippen molar-refractivity contribution in [3.63, 3.8) is 0 Å². The van der Waals surface area contributed by atoms with E-state index in [1.165, 1.54) is 6.92 Å². The molecule has 2 saturated heterocycles. The number of hydrogen-bond acceptors (Lipinski definition) is 14. The van der Waals surface area contributed by atoms with Gasteiger partial charge in [-0.05, 0) is 51.9 Å². The topological polar surface area (TPSA) is 228 Å². The van der Waals surface area contributed by atoms with Crippen LogP contribution >= 0.6 is 0 Å². The first-order chi connectivity index (χ1) is 23.3. The molecular formula is C34H56O15. The van der Waals surface area contributed by atoms with Crippen LogP contribution in [-0.4, -0.2) is 129 Å². The van der Waals surface area contributed by atoms with E-state index in [9.17, 15) is 39.9 Å². The van der Waals surface area contributed by atoms with Gasteiger partial charge in [-0.15, -0.1) is 0 Å². The molecule has 15 nitrogen and oxygen atoms in total. The van der Waals surface area contributed by atoms with Gasteiger partial charge in [0.25, 0.3) is 0 Å². The summed E-state index contributed by atoms with van der Waals surface area (Å²) in [5, 5.41) is 61.7. The fraction of sp³-hybridized carbons (Fsp3) is 0.794. The molecule has 0 aromatic carbocycles. The number of unbranched alkanes of at least 4 members (excludes halogenated alkanes) is 6. The number of aliphatic carboxylic acids is 1. The van der Waals surface area contributed by atoms with Gasteiger partial charge in [-0.25, -0.2) is 0 Å². The van der Waals surface area contributed by atoms with Crippen molar-refractivity contribution in [3.05, 3.63) is 24.3 Å². The number of carboxylic acids is 1. The van der Waals surface area contributed by atoms with Crippen molar-refractivity contribution in [1.82, 2.24) is 0 Å². The van der Waals surface area contributed by atoms with Gasteiger partial charge in [0, 0.05) is 20.3 Å². The van der Waals surface area contributed by atoms with E-state index in [2.05, 4.69) is 24.3 Å². The molecule has 0 aromatic heterocycles. The lowest BCUT2D eigenvalue weighted by molar-refractivity contribution is -0.371. The number of aliphatic hydroxyl groups excluding tert-OH is 5. The molecule has 0 spiro atoms. The van der Waals surface area contributed by atoms with E-state index in [0.717, 1.165) is 64.7 Å². The van der Waals surface area contributed by atoms with Crippen LogP contribution in [0.3, 0.4) is 0 Å². The van der Waals surface area contributed by atoms with Crippen molar-refractivity contribution >= 4 is 17.9 Å². The second kappa shape index (κ2) is 23.1. The van der Waals surface area contributed by atoms with Crippen molar-refractivity contribution in [2.24, 2.45) is 0 Å². The third-order valence-electron chi connectivity index (χ3n) is 8.22. The van der Waals surface area contributed by atoms with E-state index in [1.807, 2.05) is 0 Å². The van der Waals surface area contributed by atoms with Gasteiger partial charge < -0.3 is 59.1 Å². The van der Waals surface area contributed by atoms with Crippen LogP contribution in [0.2, 0.25) is 0 Å². The predicted octanol–water partition coefficient (Wildman–Crippen LogP) is 1.65. The highest BCUT2D eigenvalue weighted by atomic mass is 16.8. The lowest BCUT2D eigenvalue weighted by atomic mass is 9.97. The predicted molar refractivity (Wildman–Crippen MR) is 173 cm³/mol. The van der Waals surface area contributed by atoms with E-state index < -0.39 is 92.0 Å². The minimum Gasteiger partial charge on any atom is -0.481 e. The Labute approximate surface area is 287 Å². The van der Waals surface area contributed by atoms with E-state index >= 15 is 0 Å². The summed E-state index contributed by atoms with van der Waals surface area (Å²) in [5.74, 6) is -2.02. The van der Waals surface area contributed by atoms with Crippen molar-refractivity contribution in [2.45, 2.75) is 159 Å². The number of hydrogen-bond donors (Lipinski definition) is 6. The molecule has 11 atom stereocenters. The number of allylic oxidation sites excluding steroid dienone is 4. The quantitative estimate of drug-likeness (QED) is 0.0535. The Hall–Kier alpha value is -2.47. The Bertz CT molecular complexity index is 1040. The van der Waals surface area contributed by atoms with E-state index in [0.29, 0.717) is 6.42 Å². The second-order valence-electron chi connectivity index (χ2n) is 12.5. The molecule has 6 N–H and O–H groups in total. The molecule has 0 saturated carbocycles. The fourth-order valence-electron chi connectivity index (χ4n) is 5.41. The highest BCUT2D eigenvalue weighted by molar-refractivity contribution is 5.66. The standard InChI is InChI=1S/C34H56O15/c1-21(17-15-13-11-9-7-5-4-6-8-10-12-14-16-18-26(37)38)46-34-32(30(42)28(40)25(48-34)20-45-23(3)36)49-33-31(43)29(41)27(39)24(47-33)19-44-22(2)35/h4-5,9,11,21,24-25,27-34,39-43H,6-8,10,12-20H2,1-3H3,(H,37,38)/b5-4-,11-9+. The van der Waals surface area contributed by atoms with Gasteiger partial charge in [-0.1, -0.05) is 43.6 Å². The molecule has 11 unspecified atom stereocenters. The Morgan fingerprint density at radius 1 is 0.673 bits per heavy atom. The maximum Gasteiger partial charge on any atom is 0.303 e. The summed E-state index contributed by atoms with van der Waals surface area (Å²) in [6, 6.07) is 0. The molecular weight excluding hydrogens is 648 g/mol. The van der Waals surface area contributed by atoms with Crippen LogP contribution in [0.1, 0.15) is 91.4 Å². The molecule has 0 bridgehead atoms. The zero-order valence-electron chi connectivity index (χ0n) is 28.7. The Morgan fingerprint density at radius 2 is 1.20 bits per heavy atom. The minimum atomic E-state index is -1.78. The van der Waals surface area contributed by atoms with Gasteiger partial charge in [0.2, 0.25) is 0 Å². The molecule has 0 aliphatic carbocycles. The third kappa shape index (κ3) is 16.0. The smallest absolute Gasteiger partial charge is 0.303 e. The van der Waals surface area contributed by atoms with Crippen LogP contribution in [0.15, 0.2) is 24.3 Å². The third-order valence-corrected chi connectivity index (χ3v) is 8.22. The van der Waals surface area contributed by atoms with Crippen LogP contribution in [0.5, 0.6) is 0 Å². The molecule has 15 heteroatoms. The number of carbonyl (C=O) groups is 3. The van der Waals surface area contributed by atoms with Gasteiger partial charge in [-0.2, -0.15) is 0 Å². The van der Waals surface area contributed by atoms with Crippen LogP contribution in [-0.2, 0) is 42.8 Å². The first kappa shape index (κ1) is 42.7. The monoisotopic (exact) mass is 704 g/mol. The lowest BCUT2D eigenvalue weighted by Gasteiger charge is -2.46. The fourth-order valence-corrected chi connectivity index (χ4v) is 5.41. The van der Waals surface area contributed by atoms with Crippen LogP contribution < -0.4 is 0 Å². The first-order valence-electron chi connectivity index (χ1n) is 17.1. The van der Waals surface area contributed by atoms with Crippen LogP contribution in [0.4, 0.5) is 0 Å². The maximum absolute atomic E-state index is 11.4. The number of ether oxygens (including phenoxy) is 6. The van der Waals surface area contributed by atoms with Gasteiger partial charge in [0.05, 0.1) is 6.10 Å². The number of aliphatic hydroxyl groups is 5. The number of carboxylic acid groups (broad SMARTS) is 1. The molecule has 2 heterocycles. The SMILES string of the molecule is CC(=O)OCC1OC(OC2C(OC(C)CCC/C=C/C/C=C\CCCCCCCC(=O)O)OC(COC(C)=O)C(O)C2O)C(O)C(O)C1O. The van der Waals surface area contributed by atoms with Crippen LogP contribution in [0, 0.1) is 0 Å². The van der Waals surface area contributed by atoms with Gasteiger partial charge >= 0.3 is 17.9 Å². The molecule has 2 rings (SSSR count). The van der Waals surface area contributed by atoms with Gasteiger partial charge in [0.15, 0.2) is 12.6 Å². The summed E-state index contributed by atoms with van der Waals surface area (Å²) in [7, 11) is 0. The number of rotatable bonds is 22. The summed E-state index contributed by atoms with van der Waals surface area (Å²) in [6.45, 7) is 3.30. The molecule has 0 radical (unpaired) electrons. The summed E-state index contributed by atoms with van der Waals surface area (Å²) < 4.78 is 33.2. The maximum atomic E-state index is 11.4. The Morgan fingerprint density at radius 3 is 1.80 bits per heavy atom. The number of carbonyl (C=O) groups excluding carboxylic acids is 2. The van der Waals surface area contributed by atoms with E-state index in [-0.39, 0.29) is 13.0 Å². The Balaban J connectivity index is 1.89. The van der Waals surface area contributed by atoms with Crippen molar-refractivity contribution in [2.75, 3.05) is 13.2 Å². The average Bonchev–Trinajstić information content (AvgIpc) is 3.04. The molecule has 2 fully saturated rings. The summed E-state index contributed by atoms with van der Waals surface area (Å²) >= 11 is 0. The number of esters is 2. The highest BCUT2D eigenvalue weighted by Gasteiger charge is 2.51. The zero-order chi connectivity index (χ0) is 36.3. The molecule has 0 amide bonds. The first-order valence-corrected chi connectivity index (χ1v) is 17.1. The van der Waals surface area contributed by atoms with Crippen molar-refractivity contribution in [1.29, 1.82) is 0 Å². The molecule has 2 aliphatic rings. The molecule has 0 aromatic rings. The lowest BCUT2D eigenvalue weighted by Crippen LogP contribution is -2.65. The summed E-state index contributed by atoms with van der Waals surface area (Å²) in [5.41, 5.74) is 0. The summed E-state index contributed by atoms with van der Waals surface area (Å²) in [4.78, 5) is 33.2. The average molecular weight is 705 g/mol.